The maximum absolute atomic E-state index is 13.2. The lowest BCUT2D eigenvalue weighted by Crippen LogP contribution is -1.95. The average Bonchev–Trinajstić information content (AvgIpc) is 2.32. The van der Waals surface area contributed by atoms with Gasteiger partial charge in [0.2, 0.25) is 0 Å². The van der Waals surface area contributed by atoms with Crippen molar-refractivity contribution in [3.05, 3.63) is 68.4 Å². The van der Waals surface area contributed by atoms with Gasteiger partial charge in [-0.25, -0.2) is 4.39 Å². The molecule has 0 bridgehead atoms. The van der Waals surface area contributed by atoms with Crippen molar-refractivity contribution in [1.82, 2.24) is 0 Å². The minimum atomic E-state index is -0.270. The van der Waals surface area contributed by atoms with Crippen LogP contribution in [0.5, 0.6) is 0 Å². The van der Waals surface area contributed by atoms with Crippen LogP contribution in [0.15, 0.2) is 40.9 Å². The molecule has 0 aliphatic rings. The summed E-state index contributed by atoms with van der Waals surface area (Å²) in [4.78, 5) is -0.0532. The van der Waals surface area contributed by atoms with E-state index in [1.807, 2.05) is 25.1 Å². The zero-order valence-electron chi connectivity index (χ0n) is 9.55. The van der Waals surface area contributed by atoms with Crippen molar-refractivity contribution in [2.24, 2.45) is 0 Å². The third-order valence-corrected chi connectivity index (χ3v) is 4.62. The highest BCUT2D eigenvalue weighted by atomic mass is 79.9. The zero-order chi connectivity index (χ0) is 13.3. The van der Waals surface area contributed by atoms with E-state index in [1.165, 1.54) is 6.07 Å². The molecule has 94 valence electrons. The Balaban J connectivity index is 2.41. The SMILES string of the molecule is Cc1ccc(C(Br)c2ccc(F)c(Br)c2)c(Cl)c1. The van der Waals surface area contributed by atoms with E-state index in [0.717, 1.165) is 16.7 Å². The molecule has 4 heteroatoms. The summed E-state index contributed by atoms with van der Waals surface area (Å²) in [5.74, 6) is -0.270. The summed E-state index contributed by atoms with van der Waals surface area (Å²) in [6.45, 7) is 1.99. The van der Waals surface area contributed by atoms with Crippen LogP contribution in [0.2, 0.25) is 5.02 Å². The zero-order valence-corrected chi connectivity index (χ0v) is 13.5. The smallest absolute Gasteiger partial charge is 0.137 e. The van der Waals surface area contributed by atoms with Gasteiger partial charge >= 0.3 is 0 Å². The van der Waals surface area contributed by atoms with E-state index in [0.29, 0.717) is 9.50 Å². The molecule has 0 N–H and O–H groups in total. The van der Waals surface area contributed by atoms with Gasteiger partial charge in [-0.2, -0.15) is 0 Å². The first-order chi connectivity index (χ1) is 8.49. The molecule has 0 saturated carbocycles. The third kappa shape index (κ3) is 2.95. The Morgan fingerprint density at radius 1 is 1.17 bits per heavy atom. The predicted molar refractivity (Wildman–Crippen MR) is 81.1 cm³/mol. The van der Waals surface area contributed by atoms with Crippen molar-refractivity contribution in [1.29, 1.82) is 0 Å². The highest BCUT2D eigenvalue weighted by Gasteiger charge is 2.15. The molecule has 0 aromatic heterocycles. The molecule has 1 atom stereocenters. The normalized spacial score (nSPS) is 12.5. The van der Waals surface area contributed by atoms with Crippen molar-refractivity contribution in [3.63, 3.8) is 0 Å². The second-order valence-corrected chi connectivity index (χ2v) is 6.24. The maximum Gasteiger partial charge on any atom is 0.137 e. The second-order valence-electron chi connectivity index (χ2n) is 4.06. The van der Waals surface area contributed by atoms with Gasteiger partial charge < -0.3 is 0 Å². The van der Waals surface area contributed by atoms with Crippen LogP contribution in [0.3, 0.4) is 0 Å². The molecule has 0 amide bonds. The number of aryl methyl sites for hydroxylation is 1. The van der Waals surface area contributed by atoms with E-state index >= 15 is 0 Å². The van der Waals surface area contributed by atoms with Gasteiger partial charge in [-0.05, 0) is 57.7 Å². The van der Waals surface area contributed by atoms with Crippen LogP contribution >= 0.6 is 43.5 Å². The Morgan fingerprint density at radius 3 is 2.50 bits per heavy atom. The van der Waals surface area contributed by atoms with Crippen molar-refractivity contribution in [2.75, 3.05) is 0 Å². The van der Waals surface area contributed by atoms with E-state index in [2.05, 4.69) is 31.9 Å². The molecule has 0 heterocycles. The van der Waals surface area contributed by atoms with Gasteiger partial charge in [-0.3, -0.25) is 0 Å². The molecular weight excluding hydrogens is 382 g/mol. The van der Waals surface area contributed by atoms with Gasteiger partial charge in [0.05, 0.1) is 9.30 Å². The van der Waals surface area contributed by atoms with Crippen LogP contribution in [0.4, 0.5) is 4.39 Å². The van der Waals surface area contributed by atoms with Crippen LogP contribution in [0.1, 0.15) is 21.5 Å². The number of hydrogen-bond acceptors (Lipinski definition) is 0. The van der Waals surface area contributed by atoms with Crippen LogP contribution in [0, 0.1) is 12.7 Å². The minimum absolute atomic E-state index is 0.0532. The summed E-state index contributed by atoms with van der Waals surface area (Å²) in [7, 11) is 0. The van der Waals surface area contributed by atoms with Gasteiger partial charge in [-0.1, -0.05) is 45.7 Å². The summed E-state index contributed by atoms with van der Waals surface area (Å²) in [5.41, 5.74) is 3.04. The van der Waals surface area contributed by atoms with Crippen molar-refractivity contribution < 1.29 is 4.39 Å². The van der Waals surface area contributed by atoms with Crippen LogP contribution < -0.4 is 0 Å². The van der Waals surface area contributed by atoms with Gasteiger partial charge in [0.1, 0.15) is 5.82 Å². The summed E-state index contributed by atoms with van der Waals surface area (Å²) in [5, 5.41) is 0.706. The molecule has 0 aliphatic carbocycles. The van der Waals surface area contributed by atoms with E-state index in [4.69, 9.17) is 11.6 Å². The van der Waals surface area contributed by atoms with Gasteiger partial charge in [0.15, 0.2) is 0 Å². The van der Waals surface area contributed by atoms with E-state index in [-0.39, 0.29) is 10.6 Å². The lowest BCUT2D eigenvalue weighted by atomic mass is 10.0. The Labute approximate surface area is 127 Å². The molecule has 0 fully saturated rings. The largest absolute Gasteiger partial charge is 0.206 e. The summed E-state index contributed by atoms with van der Waals surface area (Å²) >= 11 is 13.0. The lowest BCUT2D eigenvalue weighted by Gasteiger charge is -2.13. The van der Waals surface area contributed by atoms with Crippen molar-refractivity contribution in [3.8, 4) is 0 Å². The molecule has 2 rings (SSSR count). The highest BCUT2D eigenvalue weighted by molar-refractivity contribution is 9.10. The Morgan fingerprint density at radius 2 is 1.89 bits per heavy atom. The van der Waals surface area contributed by atoms with Gasteiger partial charge in [0.25, 0.3) is 0 Å². The van der Waals surface area contributed by atoms with E-state index in [1.54, 1.807) is 12.1 Å². The first kappa shape index (κ1) is 14.0. The second kappa shape index (κ2) is 5.72. The van der Waals surface area contributed by atoms with Crippen LogP contribution in [0.25, 0.3) is 0 Å². The summed E-state index contributed by atoms with van der Waals surface area (Å²) < 4.78 is 13.7. The summed E-state index contributed by atoms with van der Waals surface area (Å²) in [6, 6.07) is 10.8. The number of alkyl halides is 1. The maximum atomic E-state index is 13.2. The molecule has 18 heavy (non-hydrogen) atoms. The van der Waals surface area contributed by atoms with E-state index < -0.39 is 0 Å². The van der Waals surface area contributed by atoms with Crippen molar-refractivity contribution in [2.45, 2.75) is 11.8 Å². The predicted octanol–water partition coefficient (Wildman–Crippen LogP) is 6.03. The molecule has 0 spiro atoms. The third-order valence-electron chi connectivity index (χ3n) is 2.67. The lowest BCUT2D eigenvalue weighted by molar-refractivity contribution is 0.620. The number of halogens is 4. The fraction of sp³-hybridized carbons (Fsp3) is 0.143. The quantitative estimate of drug-likeness (QED) is 0.547. The average molecular weight is 392 g/mol. The molecular formula is C14H10Br2ClF. The number of hydrogen-bond donors (Lipinski definition) is 0. The summed E-state index contributed by atoms with van der Waals surface area (Å²) in [6.07, 6.45) is 0. The molecule has 1 unspecified atom stereocenters. The Kier molecular flexibility index (Phi) is 4.46. The standard InChI is InChI=1S/C14H10Br2ClF/c1-8-2-4-10(12(17)6-8)14(16)9-3-5-13(18)11(15)7-9/h2-7,14H,1H3. The fourth-order valence-corrected chi connectivity index (χ4v) is 3.24. The Bertz CT molecular complexity index is 584. The van der Waals surface area contributed by atoms with Crippen LogP contribution in [-0.2, 0) is 0 Å². The van der Waals surface area contributed by atoms with E-state index in [9.17, 15) is 4.39 Å². The molecule has 2 aromatic carbocycles. The molecule has 0 saturated heterocycles. The van der Waals surface area contributed by atoms with Gasteiger partial charge in [0, 0.05) is 5.02 Å². The fourth-order valence-electron chi connectivity index (χ4n) is 1.69. The first-order valence-electron chi connectivity index (χ1n) is 5.34. The molecule has 0 radical (unpaired) electrons. The molecule has 0 aliphatic heterocycles. The van der Waals surface area contributed by atoms with Gasteiger partial charge in [-0.15, -0.1) is 0 Å². The monoisotopic (exact) mass is 390 g/mol. The Hall–Kier alpha value is -0.380. The number of rotatable bonds is 2. The highest BCUT2D eigenvalue weighted by Crippen LogP contribution is 2.36. The topological polar surface area (TPSA) is 0 Å². The number of benzene rings is 2. The molecule has 0 nitrogen and oxygen atoms in total. The van der Waals surface area contributed by atoms with Crippen molar-refractivity contribution >= 4 is 43.5 Å². The van der Waals surface area contributed by atoms with Crippen LogP contribution in [-0.4, -0.2) is 0 Å². The molecule has 2 aromatic rings. The minimum Gasteiger partial charge on any atom is -0.206 e. The first-order valence-corrected chi connectivity index (χ1v) is 7.43.